The molecule has 0 amide bonds. The fourth-order valence-corrected chi connectivity index (χ4v) is 4.49. The van der Waals surface area contributed by atoms with Gasteiger partial charge in [-0.05, 0) is 56.0 Å². The summed E-state index contributed by atoms with van der Waals surface area (Å²) in [7, 11) is 0. The van der Waals surface area contributed by atoms with Gasteiger partial charge in [-0.1, -0.05) is 39.0 Å². The average Bonchev–Trinajstić information content (AvgIpc) is 3.03. The second-order valence-electron chi connectivity index (χ2n) is 10.1. The van der Waals surface area contributed by atoms with E-state index in [2.05, 4.69) is 45.0 Å². The van der Waals surface area contributed by atoms with Gasteiger partial charge < -0.3 is 11.1 Å². The summed E-state index contributed by atoms with van der Waals surface area (Å²) >= 11 is 0. The van der Waals surface area contributed by atoms with Gasteiger partial charge in [0, 0.05) is 16.5 Å². The van der Waals surface area contributed by atoms with E-state index in [1.54, 1.807) is 4.52 Å². The van der Waals surface area contributed by atoms with Crippen molar-refractivity contribution in [2.24, 2.45) is 5.41 Å². The molecule has 0 radical (unpaired) electrons. The van der Waals surface area contributed by atoms with E-state index in [1.807, 2.05) is 24.3 Å². The summed E-state index contributed by atoms with van der Waals surface area (Å²) in [6.07, 6.45) is 0.883. The Morgan fingerprint density at radius 3 is 2.38 bits per heavy atom. The molecule has 4 aromatic rings. The van der Waals surface area contributed by atoms with E-state index in [0.29, 0.717) is 17.0 Å². The first kappa shape index (κ1) is 21.7. The van der Waals surface area contributed by atoms with Gasteiger partial charge in [-0.2, -0.15) is 4.52 Å². The molecular weight excluding hydrogens is 405 g/mol. The number of carbonyl (C=O) groups is 1. The SMILES string of the molecule is CC(C)(C)CC(C)(C)Nc1nc2ccccc2c2c(C(=O)c3ccc(F)cc3)c(N)nn12. The molecule has 166 valence electrons. The first-order chi connectivity index (χ1) is 15.0. The van der Waals surface area contributed by atoms with E-state index in [1.165, 1.54) is 24.3 Å². The highest BCUT2D eigenvalue weighted by molar-refractivity contribution is 6.19. The van der Waals surface area contributed by atoms with Gasteiger partial charge in [0.05, 0.1) is 16.6 Å². The minimum atomic E-state index is -0.406. The first-order valence-electron chi connectivity index (χ1n) is 10.6. The molecule has 2 aromatic heterocycles. The van der Waals surface area contributed by atoms with Gasteiger partial charge in [-0.15, -0.1) is 5.10 Å². The third-order valence-electron chi connectivity index (χ3n) is 5.25. The number of ketones is 1. The van der Waals surface area contributed by atoms with Gasteiger partial charge in [0.2, 0.25) is 5.95 Å². The topological polar surface area (TPSA) is 85.3 Å². The quantitative estimate of drug-likeness (QED) is 0.408. The highest BCUT2D eigenvalue weighted by Gasteiger charge is 2.29. The maximum absolute atomic E-state index is 13.4. The molecule has 0 saturated heterocycles. The maximum atomic E-state index is 13.4. The van der Waals surface area contributed by atoms with Crippen molar-refractivity contribution in [3.63, 3.8) is 0 Å². The van der Waals surface area contributed by atoms with Crippen molar-refractivity contribution in [3.05, 3.63) is 65.5 Å². The normalized spacial score (nSPS) is 12.4. The third kappa shape index (κ3) is 4.15. The van der Waals surface area contributed by atoms with Crippen LogP contribution in [0, 0.1) is 11.2 Å². The molecule has 0 spiro atoms. The lowest BCUT2D eigenvalue weighted by molar-refractivity contribution is 0.104. The number of hydrogen-bond acceptors (Lipinski definition) is 5. The lowest BCUT2D eigenvalue weighted by atomic mass is 9.82. The molecule has 0 saturated carbocycles. The number of aromatic nitrogens is 3. The summed E-state index contributed by atoms with van der Waals surface area (Å²) < 4.78 is 15.0. The molecule has 0 fully saturated rings. The van der Waals surface area contributed by atoms with Crippen LogP contribution in [-0.4, -0.2) is 25.9 Å². The molecule has 0 atom stereocenters. The zero-order valence-corrected chi connectivity index (χ0v) is 19.0. The maximum Gasteiger partial charge on any atom is 0.225 e. The Hall–Kier alpha value is -3.48. The number of nitrogen functional groups attached to an aromatic ring is 1. The number of fused-ring (bicyclic) bond motifs is 3. The van der Waals surface area contributed by atoms with Crippen molar-refractivity contribution >= 4 is 34.0 Å². The highest BCUT2D eigenvalue weighted by Crippen LogP contribution is 2.33. The number of hydrogen-bond donors (Lipinski definition) is 2. The Balaban J connectivity index is 1.93. The zero-order valence-electron chi connectivity index (χ0n) is 19.0. The molecule has 0 aliphatic carbocycles. The molecule has 6 nitrogen and oxygen atoms in total. The molecule has 2 aromatic carbocycles. The molecule has 32 heavy (non-hydrogen) atoms. The number of benzene rings is 2. The largest absolute Gasteiger partial charge is 0.382 e. The van der Waals surface area contributed by atoms with E-state index in [9.17, 15) is 9.18 Å². The van der Waals surface area contributed by atoms with Crippen LogP contribution < -0.4 is 11.1 Å². The van der Waals surface area contributed by atoms with Crippen LogP contribution in [0.3, 0.4) is 0 Å². The lowest BCUT2D eigenvalue weighted by Gasteiger charge is -2.33. The van der Waals surface area contributed by atoms with Gasteiger partial charge >= 0.3 is 0 Å². The fourth-order valence-electron chi connectivity index (χ4n) is 4.49. The van der Waals surface area contributed by atoms with Gasteiger partial charge in [-0.3, -0.25) is 4.79 Å². The van der Waals surface area contributed by atoms with Crippen LogP contribution in [0.5, 0.6) is 0 Å². The number of nitrogens with zero attached hydrogens (tertiary/aromatic N) is 3. The van der Waals surface area contributed by atoms with Crippen LogP contribution in [-0.2, 0) is 0 Å². The van der Waals surface area contributed by atoms with Gasteiger partial charge in [0.25, 0.3) is 0 Å². The minimum Gasteiger partial charge on any atom is -0.382 e. The Kier molecular flexibility index (Phi) is 5.15. The molecule has 0 unspecified atom stereocenters. The monoisotopic (exact) mass is 433 g/mol. The molecule has 7 heteroatoms. The molecular formula is C25H28FN5O. The Bertz CT molecular complexity index is 1320. The van der Waals surface area contributed by atoms with Crippen LogP contribution in [0.1, 0.15) is 57.0 Å². The predicted molar refractivity (Wildman–Crippen MR) is 127 cm³/mol. The summed E-state index contributed by atoms with van der Waals surface area (Å²) in [5, 5.41) is 8.76. The van der Waals surface area contributed by atoms with Crippen molar-refractivity contribution < 1.29 is 9.18 Å². The fraction of sp³-hybridized carbons (Fsp3) is 0.320. The summed E-state index contributed by atoms with van der Waals surface area (Å²) in [5.41, 5.74) is 8.00. The second kappa shape index (κ2) is 7.58. The van der Waals surface area contributed by atoms with Crippen LogP contribution >= 0.6 is 0 Å². The second-order valence-corrected chi connectivity index (χ2v) is 10.1. The number of nitrogens with two attached hydrogens (primary N) is 1. The predicted octanol–water partition coefficient (Wildman–Crippen LogP) is 5.46. The summed E-state index contributed by atoms with van der Waals surface area (Å²) in [6.45, 7) is 10.8. The molecule has 0 aliphatic rings. The van der Waals surface area contributed by atoms with Crippen molar-refractivity contribution in [3.8, 4) is 0 Å². The average molecular weight is 434 g/mol. The summed E-state index contributed by atoms with van der Waals surface area (Å²) in [6, 6.07) is 13.0. The summed E-state index contributed by atoms with van der Waals surface area (Å²) in [5.74, 6) is -0.0997. The van der Waals surface area contributed by atoms with Crippen molar-refractivity contribution in [1.29, 1.82) is 0 Å². The van der Waals surface area contributed by atoms with E-state index in [0.717, 1.165) is 17.3 Å². The van der Waals surface area contributed by atoms with Gasteiger partial charge in [0.1, 0.15) is 5.82 Å². The van der Waals surface area contributed by atoms with Crippen LogP contribution in [0.2, 0.25) is 0 Å². The van der Waals surface area contributed by atoms with Gasteiger partial charge in [-0.25, -0.2) is 9.37 Å². The summed E-state index contributed by atoms with van der Waals surface area (Å²) in [4.78, 5) is 18.2. The van der Waals surface area contributed by atoms with E-state index < -0.39 is 5.82 Å². The number of carbonyl (C=O) groups excluding carboxylic acids is 1. The van der Waals surface area contributed by atoms with Crippen LogP contribution in [0.25, 0.3) is 16.4 Å². The molecule has 0 bridgehead atoms. The van der Waals surface area contributed by atoms with E-state index in [-0.39, 0.29) is 28.1 Å². The first-order valence-corrected chi connectivity index (χ1v) is 10.6. The molecule has 0 aliphatic heterocycles. The zero-order chi connectivity index (χ0) is 23.3. The Morgan fingerprint density at radius 2 is 1.72 bits per heavy atom. The van der Waals surface area contributed by atoms with Crippen molar-refractivity contribution in [1.82, 2.24) is 14.6 Å². The standard InChI is InChI=1S/C25H28FN5O/c1-24(2,3)14-25(4,5)29-23-28-18-9-7-6-8-17(18)20-19(22(27)30-31(20)23)21(32)15-10-12-16(26)13-11-15/h6-13H,14H2,1-5H3,(H2,27,30)(H,28,29). The number of anilines is 2. The minimum absolute atomic E-state index is 0.0965. The van der Waals surface area contributed by atoms with Crippen molar-refractivity contribution in [2.45, 2.75) is 46.6 Å². The van der Waals surface area contributed by atoms with Crippen LogP contribution in [0.15, 0.2) is 48.5 Å². The number of nitrogens with one attached hydrogen (secondary N) is 1. The van der Waals surface area contributed by atoms with Crippen LogP contribution in [0.4, 0.5) is 16.2 Å². The van der Waals surface area contributed by atoms with E-state index in [4.69, 9.17) is 10.7 Å². The lowest BCUT2D eigenvalue weighted by Crippen LogP contribution is -2.36. The van der Waals surface area contributed by atoms with E-state index >= 15 is 0 Å². The Labute approximate surface area is 186 Å². The number of para-hydroxylation sites is 1. The third-order valence-corrected chi connectivity index (χ3v) is 5.25. The smallest absolute Gasteiger partial charge is 0.225 e. The highest BCUT2D eigenvalue weighted by atomic mass is 19.1. The molecule has 2 heterocycles. The van der Waals surface area contributed by atoms with Gasteiger partial charge in [0.15, 0.2) is 11.6 Å². The molecule has 3 N–H and O–H groups in total. The number of rotatable bonds is 5. The molecule has 4 rings (SSSR count). The van der Waals surface area contributed by atoms with Crippen molar-refractivity contribution in [2.75, 3.05) is 11.1 Å². The Morgan fingerprint density at radius 1 is 1.06 bits per heavy atom. The number of halogens is 1.